The molecule has 212 valence electrons. The van der Waals surface area contributed by atoms with Crippen LogP contribution < -0.4 is 9.80 Å². The highest BCUT2D eigenvalue weighted by Crippen LogP contribution is 2.62. The predicted octanol–water partition coefficient (Wildman–Crippen LogP) is 4.67. The minimum Gasteiger partial charge on any atom is -0.546 e. The topological polar surface area (TPSA) is 93.2 Å². The first-order valence-corrected chi connectivity index (χ1v) is 17.3. The highest BCUT2D eigenvalue weighted by atomic mass is 28.4. The van der Waals surface area contributed by atoms with Gasteiger partial charge in [-0.2, -0.15) is 0 Å². The normalized spacial score (nSPS) is 32.6. The molecule has 9 heteroatoms. The average molecular weight is 571 g/mol. The van der Waals surface area contributed by atoms with E-state index in [0.29, 0.717) is 17.1 Å². The Morgan fingerprint density at radius 2 is 1.24 bits per heavy atom. The third kappa shape index (κ3) is 3.54. The van der Waals surface area contributed by atoms with Gasteiger partial charge in [0, 0.05) is 17.9 Å². The summed E-state index contributed by atoms with van der Waals surface area (Å²) in [4.78, 5) is 58.2. The van der Waals surface area contributed by atoms with Gasteiger partial charge in [-0.15, -0.1) is 0 Å². The van der Waals surface area contributed by atoms with Crippen LogP contribution >= 0.6 is 0 Å². The molecule has 8 nitrogen and oxygen atoms in total. The Morgan fingerprint density at radius 3 is 1.80 bits per heavy atom. The van der Waals surface area contributed by atoms with E-state index in [2.05, 4.69) is 33.9 Å². The number of carbonyl (C=O) groups is 4. The molecule has 0 unspecified atom stereocenters. The molecule has 0 aromatic heterocycles. The summed E-state index contributed by atoms with van der Waals surface area (Å²) in [6, 6.07) is 17.9. The monoisotopic (exact) mass is 570 g/mol. The molecule has 7 atom stereocenters. The Hall–Kier alpha value is -3.56. The Labute approximate surface area is 240 Å². The molecule has 4 aliphatic heterocycles. The van der Waals surface area contributed by atoms with Gasteiger partial charge in [-0.05, 0) is 42.4 Å². The van der Waals surface area contributed by atoms with Crippen LogP contribution in [0.15, 0.2) is 72.0 Å². The number of allylic oxidation sites excluding steroid dienone is 1. The molecule has 0 radical (unpaired) electrons. The van der Waals surface area contributed by atoms with Crippen molar-refractivity contribution in [3.05, 3.63) is 72.0 Å². The number of ether oxygens (including phenoxy) is 1. The van der Waals surface area contributed by atoms with Crippen molar-refractivity contribution in [2.75, 3.05) is 9.80 Å². The molecular weight excluding hydrogens is 536 g/mol. The van der Waals surface area contributed by atoms with Crippen LogP contribution in [0, 0.1) is 29.6 Å². The fraction of sp³-hybridized carbons (Fsp3) is 0.438. The lowest BCUT2D eigenvalue weighted by molar-refractivity contribution is -0.128. The van der Waals surface area contributed by atoms with Gasteiger partial charge in [0.2, 0.25) is 31.9 Å². The first-order chi connectivity index (χ1) is 19.4. The molecule has 4 saturated heterocycles. The van der Waals surface area contributed by atoms with Crippen LogP contribution in [0.2, 0.25) is 18.1 Å². The minimum atomic E-state index is -2.36. The van der Waals surface area contributed by atoms with Crippen LogP contribution in [0.5, 0.6) is 0 Å². The van der Waals surface area contributed by atoms with Crippen molar-refractivity contribution in [2.45, 2.75) is 57.5 Å². The van der Waals surface area contributed by atoms with Crippen molar-refractivity contribution in [3.8, 4) is 0 Å². The number of hydrogen-bond donors (Lipinski definition) is 0. The standard InChI is InChI=1S/C32H34N2O6Si/c1-32(2,3)41(4,5)40-20-16-19-21(29(36)33(28(19)35)17-12-8-6-9-13-17)23-22(20)26-24-25(27(23)39-26)31(38)34(30(24)37)18-14-10-7-11-15-18/h6-15,19,21,23-27H,16H2,1-5H3/t19-,21-,23-,24+,25-,26+,27-/m0/s1. The molecule has 4 fully saturated rings. The molecule has 0 spiro atoms. The number of hydrogen-bond acceptors (Lipinski definition) is 6. The summed E-state index contributed by atoms with van der Waals surface area (Å²) in [6.07, 6.45) is -1.05. The zero-order valence-corrected chi connectivity index (χ0v) is 24.9. The van der Waals surface area contributed by atoms with Crippen LogP contribution in [0.4, 0.5) is 11.4 Å². The SMILES string of the molecule is CC(C)(C)[Si](C)(C)OC1=C2[C@@H]([C@@H]3O[C@H]2[C@@H]2C(=O)N(c4ccccc4)C(=O)[C@H]32)[C@H]2C(=O)N(c3ccccc3)C(=O)[C@H]2C1. The fourth-order valence-electron chi connectivity index (χ4n) is 7.31. The Bertz CT molecular complexity index is 1510. The van der Waals surface area contributed by atoms with Crippen LogP contribution in [0.25, 0.3) is 0 Å². The maximum Gasteiger partial charge on any atom is 0.250 e. The van der Waals surface area contributed by atoms with E-state index in [9.17, 15) is 19.2 Å². The molecule has 2 aromatic carbocycles. The maximum atomic E-state index is 14.1. The van der Waals surface area contributed by atoms with Gasteiger partial charge in [0.1, 0.15) is 0 Å². The Balaban J connectivity index is 1.34. The summed E-state index contributed by atoms with van der Waals surface area (Å²) >= 11 is 0. The fourth-order valence-corrected chi connectivity index (χ4v) is 8.43. The van der Waals surface area contributed by atoms with Gasteiger partial charge in [-0.1, -0.05) is 57.2 Å². The number of carbonyl (C=O) groups excluding carboxylic acids is 4. The molecule has 2 bridgehead atoms. The third-order valence-corrected chi connectivity index (χ3v) is 14.6. The largest absolute Gasteiger partial charge is 0.546 e. The van der Waals surface area contributed by atoms with Gasteiger partial charge in [0.05, 0.1) is 53.0 Å². The Morgan fingerprint density at radius 1 is 0.732 bits per heavy atom. The Kier molecular flexibility index (Phi) is 5.60. The van der Waals surface area contributed by atoms with E-state index in [0.717, 1.165) is 5.57 Å². The van der Waals surface area contributed by atoms with Crippen molar-refractivity contribution in [1.29, 1.82) is 0 Å². The minimum absolute atomic E-state index is 0.108. The number of anilines is 2. The second-order valence-corrected chi connectivity index (χ2v) is 18.1. The first-order valence-electron chi connectivity index (χ1n) is 14.4. The van der Waals surface area contributed by atoms with E-state index in [1.807, 2.05) is 12.1 Å². The zero-order chi connectivity index (χ0) is 29.0. The molecular formula is C32H34N2O6Si. The number of fused-ring (bicyclic) bond motifs is 10. The van der Waals surface area contributed by atoms with Crippen LogP contribution in [0.3, 0.4) is 0 Å². The van der Waals surface area contributed by atoms with Gasteiger partial charge in [0.15, 0.2) is 0 Å². The van der Waals surface area contributed by atoms with E-state index in [1.54, 1.807) is 48.5 Å². The predicted molar refractivity (Wildman–Crippen MR) is 154 cm³/mol. The van der Waals surface area contributed by atoms with E-state index in [1.165, 1.54) is 9.80 Å². The molecule has 0 saturated carbocycles. The van der Waals surface area contributed by atoms with E-state index < -0.39 is 50.1 Å². The van der Waals surface area contributed by atoms with Crippen molar-refractivity contribution in [3.63, 3.8) is 0 Å². The summed E-state index contributed by atoms with van der Waals surface area (Å²) in [5, 5.41) is -0.108. The smallest absolute Gasteiger partial charge is 0.250 e. The van der Waals surface area contributed by atoms with E-state index in [-0.39, 0.29) is 35.1 Å². The lowest BCUT2D eigenvalue weighted by atomic mass is 9.62. The van der Waals surface area contributed by atoms with Crippen LogP contribution in [-0.2, 0) is 28.3 Å². The van der Waals surface area contributed by atoms with Gasteiger partial charge in [-0.25, -0.2) is 4.90 Å². The number of para-hydroxylation sites is 2. The summed E-state index contributed by atoms with van der Waals surface area (Å²) in [7, 11) is -2.36. The number of benzene rings is 2. The highest BCUT2D eigenvalue weighted by Gasteiger charge is 2.72. The van der Waals surface area contributed by atoms with Crippen molar-refractivity contribution < 1.29 is 28.3 Å². The number of amides is 4. The lowest BCUT2D eigenvalue weighted by Crippen LogP contribution is -2.48. The van der Waals surface area contributed by atoms with Crippen LogP contribution in [-0.4, -0.2) is 44.2 Å². The van der Waals surface area contributed by atoms with Gasteiger partial charge in [-0.3, -0.25) is 24.1 Å². The lowest BCUT2D eigenvalue weighted by Gasteiger charge is -2.43. The molecule has 4 heterocycles. The molecule has 5 aliphatic rings. The second-order valence-electron chi connectivity index (χ2n) is 13.4. The molecule has 41 heavy (non-hydrogen) atoms. The molecule has 2 aromatic rings. The second kappa shape index (κ2) is 8.72. The van der Waals surface area contributed by atoms with Gasteiger partial charge >= 0.3 is 0 Å². The first kappa shape index (κ1) is 26.3. The average Bonchev–Trinajstić information content (AvgIpc) is 3.63. The van der Waals surface area contributed by atoms with Crippen molar-refractivity contribution >= 4 is 43.3 Å². The van der Waals surface area contributed by atoms with E-state index in [4.69, 9.17) is 9.16 Å². The van der Waals surface area contributed by atoms with Crippen LogP contribution in [0.1, 0.15) is 27.2 Å². The number of imide groups is 2. The highest BCUT2D eigenvalue weighted by molar-refractivity contribution is 6.74. The quantitative estimate of drug-likeness (QED) is 0.392. The summed E-state index contributed by atoms with van der Waals surface area (Å²) in [5.74, 6) is -3.59. The summed E-state index contributed by atoms with van der Waals surface area (Å²) in [6.45, 7) is 10.8. The molecule has 7 rings (SSSR count). The molecule has 0 N–H and O–H groups in total. The zero-order valence-electron chi connectivity index (χ0n) is 23.9. The van der Waals surface area contributed by atoms with Crippen molar-refractivity contribution in [2.24, 2.45) is 29.6 Å². The third-order valence-electron chi connectivity index (χ3n) is 10.2. The molecule has 1 aliphatic carbocycles. The number of rotatable bonds is 4. The summed E-state index contributed by atoms with van der Waals surface area (Å²) in [5.41, 5.74) is 1.88. The summed E-state index contributed by atoms with van der Waals surface area (Å²) < 4.78 is 13.4. The number of nitrogens with zero attached hydrogens (tertiary/aromatic N) is 2. The van der Waals surface area contributed by atoms with E-state index >= 15 is 0 Å². The maximum absolute atomic E-state index is 14.1. The van der Waals surface area contributed by atoms with Gasteiger partial charge in [0.25, 0.3) is 0 Å². The molecule has 4 amide bonds. The van der Waals surface area contributed by atoms with Crippen molar-refractivity contribution in [1.82, 2.24) is 0 Å². The van der Waals surface area contributed by atoms with Gasteiger partial charge < -0.3 is 9.16 Å².